The largest absolute Gasteiger partial charge is 0.497 e. The molecule has 0 radical (unpaired) electrons. The van der Waals surface area contributed by atoms with E-state index in [9.17, 15) is 14.0 Å². The van der Waals surface area contributed by atoms with Crippen LogP contribution in [0.5, 0.6) is 0 Å². The summed E-state index contributed by atoms with van der Waals surface area (Å²) in [5.41, 5.74) is -2.51. The number of carbonyl (C=O) groups is 2. The van der Waals surface area contributed by atoms with Crippen LogP contribution in [-0.4, -0.2) is 71.4 Å². The maximum absolute atomic E-state index is 15.0. The normalized spacial score (nSPS) is 22.5. The summed E-state index contributed by atoms with van der Waals surface area (Å²) in [6.45, 7) is 15.0. The first-order valence-electron chi connectivity index (χ1n) is 11.2. The fourth-order valence-corrected chi connectivity index (χ4v) is 3.79. The molecule has 10 heteroatoms. The number of piperazine rings is 1. The standard InChI is InChI=1S/C23H33BF2N2O5/c1-14-13-27(20(30)31-21(2,3)4)11-12-28(14)19(29)15-9-10-16(18(26)17(15)25)24-32-22(5,6)23(7,8)33-24/h9-10,14H,11-13H2,1-8H3/t14-/m0/s1. The van der Waals surface area contributed by atoms with E-state index in [2.05, 4.69) is 0 Å². The molecule has 7 nitrogen and oxygen atoms in total. The Balaban J connectivity index is 1.75. The molecule has 33 heavy (non-hydrogen) atoms. The molecule has 0 aliphatic carbocycles. The van der Waals surface area contributed by atoms with Crippen molar-refractivity contribution in [2.24, 2.45) is 0 Å². The van der Waals surface area contributed by atoms with Gasteiger partial charge in [0.2, 0.25) is 0 Å². The van der Waals surface area contributed by atoms with Crippen molar-refractivity contribution < 1.29 is 32.4 Å². The van der Waals surface area contributed by atoms with Crippen molar-refractivity contribution in [3.63, 3.8) is 0 Å². The smallest absolute Gasteiger partial charge is 0.444 e. The molecule has 0 unspecified atom stereocenters. The summed E-state index contributed by atoms with van der Waals surface area (Å²) in [6.07, 6.45) is -0.467. The molecule has 0 saturated carbocycles. The van der Waals surface area contributed by atoms with Gasteiger partial charge in [-0.2, -0.15) is 0 Å². The van der Waals surface area contributed by atoms with Crippen molar-refractivity contribution in [1.82, 2.24) is 9.80 Å². The lowest BCUT2D eigenvalue weighted by Crippen LogP contribution is -2.56. The van der Waals surface area contributed by atoms with E-state index in [0.717, 1.165) is 0 Å². The van der Waals surface area contributed by atoms with Crippen LogP contribution in [-0.2, 0) is 14.0 Å². The van der Waals surface area contributed by atoms with E-state index in [4.69, 9.17) is 14.0 Å². The zero-order valence-corrected chi connectivity index (χ0v) is 20.6. The van der Waals surface area contributed by atoms with Crippen LogP contribution in [0.25, 0.3) is 0 Å². The molecule has 0 spiro atoms. The van der Waals surface area contributed by atoms with Crippen molar-refractivity contribution >= 4 is 24.6 Å². The summed E-state index contributed by atoms with van der Waals surface area (Å²) in [5, 5.41) is 0. The Labute approximate surface area is 194 Å². The van der Waals surface area contributed by atoms with Crippen LogP contribution in [0.15, 0.2) is 12.1 Å². The van der Waals surface area contributed by atoms with Gasteiger partial charge in [0, 0.05) is 31.1 Å². The average Bonchev–Trinajstić information content (AvgIpc) is 2.89. The number of nitrogens with zero attached hydrogens (tertiary/aromatic N) is 2. The molecular weight excluding hydrogens is 433 g/mol. The van der Waals surface area contributed by atoms with Crippen LogP contribution in [0, 0.1) is 11.6 Å². The SMILES string of the molecule is C[C@H]1CN(C(=O)OC(C)(C)C)CCN1C(=O)c1ccc(B2OC(C)(C)C(C)(C)O2)c(F)c1F. The van der Waals surface area contributed by atoms with Gasteiger partial charge in [-0.25, -0.2) is 13.6 Å². The molecule has 3 rings (SSSR count). The van der Waals surface area contributed by atoms with Gasteiger partial charge in [0.1, 0.15) is 5.60 Å². The average molecular weight is 466 g/mol. The van der Waals surface area contributed by atoms with Crippen molar-refractivity contribution in [1.29, 1.82) is 0 Å². The van der Waals surface area contributed by atoms with Gasteiger partial charge in [0.05, 0.1) is 16.8 Å². The second kappa shape index (κ2) is 8.54. The minimum absolute atomic E-state index is 0.0921. The molecule has 1 aromatic rings. The Morgan fingerprint density at radius 3 is 2.15 bits per heavy atom. The van der Waals surface area contributed by atoms with Crippen molar-refractivity contribution in [2.45, 2.75) is 78.2 Å². The number of hydrogen-bond donors (Lipinski definition) is 0. The molecule has 2 fully saturated rings. The molecule has 1 atom stereocenters. The molecule has 2 saturated heterocycles. The summed E-state index contributed by atoms with van der Waals surface area (Å²) in [4.78, 5) is 28.3. The van der Waals surface area contributed by atoms with Crippen LogP contribution < -0.4 is 5.46 Å². The van der Waals surface area contributed by atoms with Crippen molar-refractivity contribution in [3.05, 3.63) is 29.3 Å². The third kappa shape index (κ3) is 5.01. The lowest BCUT2D eigenvalue weighted by Gasteiger charge is -2.40. The first-order valence-corrected chi connectivity index (χ1v) is 11.2. The minimum Gasteiger partial charge on any atom is -0.444 e. The second-order valence-electron chi connectivity index (χ2n) is 10.7. The van der Waals surface area contributed by atoms with Gasteiger partial charge in [-0.1, -0.05) is 6.07 Å². The maximum Gasteiger partial charge on any atom is 0.497 e. The third-order valence-corrected chi connectivity index (χ3v) is 6.39. The molecule has 1 aromatic carbocycles. The molecule has 0 N–H and O–H groups in total. The number of benzene rings is 1. The zero-order chi connectivity index (χ0) is 24.9. The monoisotopic (exact) mass is 466 g/mol. The van der Waals surface area contributed by atoms with E-state index < -0.39 is 53.6 Å². The first-order chi connectivity index (χ1) is 15.0. The molecular formula is C23H33BF2N2O5. The van der Waals surface area contributed by atoms with E-state index >= 15 is 4.39 Å². The Morgan fingerprint density at radius 1 is 1.06 bits per heavy atom. The Bertz CT molecular complexity index is 932. The highest BCUT2D eigenvalue weighted by Gasteiger charge is 2.52. The summed E-state index contributed by atoms with van der Waals surface area (Å²) in [6, 6.07) is 2.19. The topological polar surface area (TPSA) is 68.3 Å². The van der Waals surface area contributed by atoms with E-state index in [1.807, 2.05) is 27.7 Å². The van der Waals surface area contributed by atoms with Crippen LogP contribution in [0.4, 0.5) is 13.6 Å². The summed E-state index contributed by atoms with van der Waals surface area (Å²) < 4.78 is 47.0. The quantitative estimate of drug-likeness (QED) is 0.626. The maximum atomic E-state index is 15.0. The highest BCUT2D eigenvalue weighted by molar-refractivity contribution is 6.62. The fourth-order valence-electron chi connectivity index (χ4n) is 3.79. The number of rotatable bonds is 2. The van der Waals surface area contributed by atoms with Gasteiger partial charge in [-0.15, -0.1) is 0 Å². The van der Waals surface area contributed by atoms with Gasteiger partial charge in [0.25, 0.3) is 5.91 Å². The van der Waals surface area contributed by atoms with Gasteiger partial charge < -0.3 is 23.8 Å². The fraction of sp³-hybridized carbons (Fsp3) is 0.652. The Hall–Kier alpha value is -2.20. The summed E-state index contributed by atoms with van der Waals surface area (Å²) in [7, 11) is -1.08. The minimum atomic E-state index is -1.24. The lowest BCUT2D eigenvalue weighted by molar-refractivity contribution is 0.00578. The number of amides is 2. The number of halogens is 2. The number of hydrogen-bond acceptors (Lipinski definition) is 5. The molecule has 0 aromatic heterocycles. The second-order valence-corrected chi connectivity index (χ2v) is 10.7. The molecule has 2 amide bonds. The van der Waals surface area contributed by atoms with Crippen molar-refractivity contribution in [2.75, 3.05) is 19.6 Å². The van der Waals surface area contributed by atoms with E-state index in [1.165, 1.54) is 21.9 Å². The van der Waals surface area contributed by atoms with Gasteiger partial charge >= 0.3 is 13.2 Å². The predicted molar refractivity (Wildman–Crippen MR) is 120 cm³/mol. The molecule has 2 heterocycles. The van der Waals surface area contributed by atoms with Crippen LogP contribution in [0.2, 0.25) is 0 Å². The molecule has 182 valence electrons. The van der Waals surface area contributed by atoms with E-state index in [1.54, 1.807) is 27.7 Å². The number of ether oxygens (including phenoxy) is 1. The molecule has 0 bridgehead atoms. The van der Waals surface area contributed by atoms with Crippen LogP contribution in [0.3, 0.4) is 0 Å². The highest BCUT2D eigenvalue weighted by Crippen LogP contribution is 2.36. The Kier molecular flexibility index (Phi) is 6.58. The predicted octanol–water partition coefficient (Wildman–Crippen LogP) is 3.35. The number of carbonyl (C=O) groups excluding carboxylic acids is 2. The molecule has 2 aliphatic heterocycles. The van der Waals surface area contributed by atoms with Gasteiger partial charge in [-0.05, 0) is 61.5 Å². The molecule has 2 aliphatic rings. The van der Waals surface area contributed by atoms with Crippen LogP contribution in [0.1, 0.15) is 65.7 Å². The van der Waals surface area contributed by atoms with E-state index in [0.29, 0.717) is 0 Å². The lowest BCUT2D eigenvalue weighted by atomic mass is 9.78. The first kappa shape index (κ1) is 25.4. The zero-order valence-electron chi connectivity index (χ0n) is 20.6. The van der Waals surface area contributed by atoms with Gasteiger partial charge in [0.15, 0.2) is 11.6 Å². The summed E-state index contributed by atoms with van der Waals surface area (Å²) in [5.74, 6) is -3.04. The van der Waals surface area contributed by atoms with E-state index in [-0.39, 0.29) is 30.7 Å². The highest BCUT2D eigenvalue weighted by atomic mass is 19.2. The third-order valence-electron chi connectivity index (χ3n) is 6.39. The Morgan fingerprint density at radius 2 is 1.64 bits per heavy atom. The summed E-state index contributed by atoms with van der Waals surface area (Å²) >= 11 is 0. The van der Waals surface area contributed by atoms with Crippen LogP contribution >= 0.6 is 0 Å². The van der Waals surface area contributed by atoms with Crippen molar-refractivity contribution in [3.8, 4) is 0 Å². The van der Waals surface area contributed by atoms with Gasteiger partial charge in [-0.3, -0.25) is 4.79 Å².